The lowest BCUT2D eigenvalue weighted by Gasteiger charge is -2.15. The van der Waals surface area contributed by atoms with Crippen LogP contribution in [0.3, 0.4) is 0 Å². The van der Waals surface area contributed by atoms with E-state index in [1.807, 2.05) is 36.5 Å². The lowest BCUT2D eigenvalue weighted by atomic mass is 10.1. The van der Waals surface area contributed by atoms with Gasteiger partial charge in [0.05, 0.1) is 12.8 Å². The van der Waals surface area contributed by atoms with E-state index in [1.165, 1.54) is 5.56 Å². The summed E-state index contributed by atoms with van der Waals surface area (Å²) >= 11 is 0. The molecule has 1 atom stereocenters. The number of para-hydroxylation sites is 1. The van der Waals surface area contributed by atoms with E-state index >= 15 is 0 Å². The molecule has 0 aliphatic rings. The maximum Gasteiger partial charge on any atom is 0.136 e. The summed E-state index contributed by atoms with van der Waals surface area (Å²) in [4.78, 5) is 4.62. The molecule has 1 aromatic carbocycles. The van der Waals surface area contributed by atoms with Gasteiger partial charge in [-0.05, 0) is 37.1 Å². The predicted octanol–water partition coefficient (Wildman–Crippen LogP) is 3.11. The normalized spacial score (nSPS) is 12.4. The van der Waals surface area contributed by atoms with Crippen LogP contribution >= 0.6 is 0 Å². The lowest BCUT2D eigenvalue weighted by Crippen LogP contribution is -2.30. The summed E-state index contributed by atoms with van der Waals surface area (Å²) in [6.45, 7) is 3.12. The van der Waals surface area contributed by atoms with Crippen molar-refractivity contribution in [3.63, 3.8) is 0 Å². The van der Waals surface area contributed by atoms with E-state index < -0.39 is 0 Å². The topological polar surface area (TPSA) is 38.6 Å². The van der Waals surface area contributed by atoms with Crippen molar-refractivity contribution in [2.45, 2.75) is 25.8 Å². The van der Waals surface area contributed by atoms with E-state index in [9.17, 15) is 0 Å². The number of rotatable bonds is 7. The van der Waals surface area contributed by atoms with Gasteiger partial charge in [-0.25, -0.2) is 4.98 Å². The maximum absolute atomic E-state index is 5.41. The summed E-state index contributed by atoms with van der Waals surface area (Å²) in [5.41, 5.74) is 3.36. The summed E-state index contributed by atoms with van der Waals surface area (Å²) in [6, 6.07) is 14.7. The van der Waals surface area contributed by atoms with Crippen LogP contribution in [0.4, 0.5) is 0 Å². The fourth-order valence-corrected chi connectivity index (χ4v) is 2.83. The third-order valence-corrected chi connectivity index (χ3v) is 4.01. The molecule has 0 saturated carbocycles. The molecule has 0 fully saturated rings. The Bertz CT molecular complexity index is 733. The molecule has 0 bridgehead atoms. The fourth-order valence-electron chi connectivity index (χ4n) is 2.83. The van der Waals surface area contributed by atoms with Crippen LogP contribution in [0.5, 0.6) is 5.75 Å². The summed E-state index contributed by atoms with van der Waals surface area (Å²) in [6.07, 6.45) is 6.01. The van der Waals surface area contributed by atoms with E-state index in [1.54, 1.807) is 7.11 Å². The molecule has 4 heteroatoms. The number of pyridine rings is 1. The summed E-state index contributed by atoms with van der Waals surface area (Å²) in [5.74, 6) is 0.960. The van der Waals surface area contributed by atoms with Crippen molar-refractivity contribution < 1.29 is 4.74 Å². The first-order chi connectivity index (χ1) is 11.3. The van der Waals surface area contributed by atoms with Crippen LogP contribution in [-0.2, 0) is 12.8 Å². The first-order valence-corrected chi connectivity index (χ1v) is 8.04. The Kier molecular flexibility index (Phi) is 4.93. The van der Waals surface area contributed by atoms with Gasteiger partial charge in [-0.2, -0.15) is 0 Å². The zero-order chi connectivity index (χ0) is 16.1. The van der Waals surface area contributed by atoms with Crippen molar-refractivity contribution in [2.75, 3.05) is 13.7 Å². The molecular formula is C19H23N3O. The number of fused-ring (bicyclic) bond motifs is 1. The number of imidazole rings is 1. The number of hydrogen-bond acceptors (Lipinski definition) is 3. The smallest absolute Gasteiger partial charge is 0.136 e. The average Bonchev–Trinajstić information content (AvgIpc) is 2.98. The number of benzene rings is 1. The van der Waals surface area contributed by atoms with Gasteiger partial charge in [-0.15, -0.1) is 0 Å². The molecule has 0 aliphatic heterocycles. The molecule has 4 nitrogen and oxygen atoms in total. The maximum atomic E-state index is 5.41. The molecular weight excluding hydrogens is 286 g/mol. The molecule has 23 heavy (non-hydrogen) atoms. The summed E-state index contributed by atoms with van der Waals surface area (Å²) in [5, 5.41) is 3.57. The highest BCUT2D eigenvalue weighted by atomic mass is 16.5. The van der Waals surface area contributed by atoms with E-state index in [2.05, 4.69) is 40.0 Å². The number of aromatic nitrogens is 2. The molecule has 0 spiro atoms. The van der Waals surface area contributed by atoms with Crippen molar-refractivity contribution in [1.29, 1.82) is 0 Å². The van der Waals surface area contributed by atoms with Crippen molar-refractivity contribution in [3.8, 4) is 5.75 Å². The van der Waals surface area contributed by atoms with Gasteiger partial charge >= 0.3 is 0 Å². The van der Waals surface area contributed by atoms with Gasteiger partial charge in [0.25, 0.3) is 0 Å². The second-order valence-corrected chi connectivity index (χ2v) is 5.82. The van der Waals surface area contributed by atoms with E-state index in [4.69, 9.17) is 4.74 Å². The Morgan fingerprint density at radius 2 is 2.00 bits per heavy atom. The van der Waals surface area contributed by atoms with Crippen LogP contribution in [0.1, 0.15) is 18.2 Å². The first-order valence-electron chi connectivity index (χ1n) is 8.04. The Labute approximate surface area is 137 Å². The lowest BCUT2D eigenvalue weighted by molar-refractivity contribution is 0.406. The van der Waals surface area contributed by atoms with E-state index in [0.717, 1.165) is 36.5 Å². The molecule has 0 saturated heterocycles. The van der Waals surface area contributed by atoms with Crippen LogP contribution in [0, 0.1) is 0 Å². The quantitative estimate of drug-likeness (QED) is 0.729. The number of nitrogens with zero attached hydrogens (tertiary/aromatic N) is 2. The summed E-state index contributed by atoms with van der Waals surface area (Å²) < 4.78 is 7.48. The monoisotopic (exact) mass is 309 g/mol. The second kappa shape index (κ2) is 7.29. The number of nitrogens with one attached hydrogen (secondary N) is 1. The van der Waals surface area contributed by atoms with Crippen molar-refractivity contribution >= 4 is 5.65 Å². The summed E-state index contributed by atoms with van der Waals surface area (Å²) in [7, 11) is 1.72. The molecule has 0 amide bonds. The molecule has 0 radical (unpaired) electrons. The highest BCUT2D eigenvalue weighted by molar-refractivity contribution is 5.39. The van der Waals surface area contributed by atoms with Gasteiger partial charge < -0.3 is 14.5 Å². The highest BCUT2D eigenvalue weighted by Gasteiger charge is 2.08. The van der Waals surface area contributed by atoms with Crippen LogP contribution in [0.25, 0.3) is 5.65 Å². The van der Waals surface area contributed by atoms with Crippen LogP contribution in [-0.4, -0.2) is 29.1 Å². The van der Waals surface area contributed by atoms with Crippen LogP contribution < -0.4 is 10.1 Å². The Morgan fingerprint density at radius 1 is 1.17 bits per heavy atom. The largest absolute Gasteiger partial charge is 0.496 e. The van der Waals surface area contributed by atoms with Crippen molar-refractivity contribution in [1.82, 2.24) is 14.7 Å². The number of methoxy groups -OCH3 is 1. The molecule has 3 rings (SSSR count). The molecule has 120 valence electrons. The number of hydrogen-bond donors (Lipinski definition) is 1. The highest BCUT2D eigenvalue weighted by Crippen LogP contribution is 2.18. The molecule has 1 N–H and O–H groups in total. The van der Waals surface area contributed by atoms with Gasteiger partial charge in [0, 0.05) is 31.4 Å². The van der Waals surface area contributed by atoms with Gasteiger partial charge in [-0.1, -0.05) is 24.3 Å². The van der Waals surface area contributed by atoms with Crippen LogP contribution in [0.15, 0.2) is 54.9 Å². The Hall–Kier alpha value is -2.33. The zero-order valence-corrected chi connectivity index (χ0v) is 13.7. The SMILES string of the molecule is COc1ccccc1CC(C)NCCc1cn2ccccc2n1. The first kappa shape index (κ1) is 15.6. The Balaban J connectivity index is 1.51. The van der Waals surface area contributed by atoms with E-state index in [0.29, 0.717) is 6.04 Å². The predicted molar refractivity (Wildman–Crippen MR) is 93.1 cm³/mol. The molecule has 2 heterocycles. The van der Waals surface area contributed by atoms with Crippen molar-refractivity contribution in [3.05, 3.63) is 66.1 Å². The third-order valence-electron chi connectivity index (χ3n) is 4.01. The van der Waals surface area contributed by atoms with Gasteiger partial charge in [-0.3, -0.25) is 0 Å². The fraction of sp³-hybridized carbons (Fsp3) is 0.316. The third kappa shape index (κ3) is 3.90. The number of ether oxygens (including phenoxy) is 1. The van der Waals surface area contributed by atoms with Crippen LogP contribution in [0.2, 0.25) is 0 Å². The van der Waals surface area contributed by atoms with Gasteiger partial charge in [0.15, 0.2) is 0 Å². The molecule has 1 unspecified atom stereocenters. The minimum Gasteiger partial charge on any atom is -0.496 e. The van der Waals surface area contributed by atoms with E-state index in [-0.39, 0.29) is 0 Å². The Morgan fingerprint density at radius 3 is 2.83 bits per heavy atom. The molecule has 3 aromatic rings. The van der Waals surface area contributed by atoms with Crippen molar-refractivity contribution in [2.24, 2.45) is 0 Å². The second-order valence-electron chi connectivity index (χ2n) is 5.82. The van der Waals surface area contributed by atoms with Gasteiger partial charge in [0.2, 0.25) is 0 Å². The average molecular weight is 309 g/mol. The minimum absolute atomic E-state index is 0.392. The molecule has 0 aliphatic carbocycles. The molecule has 2 aromatic heterocycles. The van der Waals surface area contributed by atoms with Gasteiger partial charge in [0.1, 0.15) is 11.4 Å². The standard InChI is InChI=1S/C19H23N3O/c1-15(13-16-7-3-4-8-18(16)23-2)20-11-10-17-14-22-12-6-5-9-19(22)21-17/h3-9,12,14-15,20H,10-11,13H2,1-2H3. The zero-order valence-electron chi connectivity index (χ0n) is 13.7. The minimum atomic E-state index is 0.392.